The van der Waals surface area contributed by atoms with E-state index in [0.29, 0.717) is 17.7 Å². The molecule has 1 saturated carbocycles. The number of anilines is 1. The number of sulfonamides is 1. The summed E-state index contributed by atoms with van der Waals surface area (Å²) in [6.07, 6.45) is 5.33. The van der Waals surface area contributed by atoms with E-state index >= 15 is 0 Å². The average molecular weight is 546 g/mol. The highest BCUT2D eigenvalue weighted by atomic mass is 32.2. The summed E-state index contributed by atoms with van der Waals surface area (Å²) in [6.45, 7) is 7.61. The first-order valence-electron chi connectivity index (χ1n) is 13.2. The first-order chi connectivity index (χ1) is 17.8. The number of halogens is 1. The number of carbonyl (C=O) groups excluding carboxylic acids is 2. The molecule has 1 aliphatic carbocycles. The molecule has 1 fully saturated rings. The first kappa shape index (κ1) is 29.6. The van der Waals surface area contributed by atoms with E-state index in [2.05, 4.69) is 26.1 Å². The van der Waals surface area contributed by atoms with Crippen molar-refractivity contribution in [2.24, 2.45) is 0 Å². The van der Waals surface area contributed by atoms with Gasteiger partial charge in [0.1, 0.15) is 18.4 Å². The number of hydrogen-bond acceptors (Lipinski definition) is 4. The fourth-order valence-electron chi connectivity index (χ4n) is 4.81. The Kier molecular flexibility index (Phi) is 9.57. The van der Waals surface area contributed by atoms with Crippen LogP contribution in [-0.4, -0.2) is 50.0 Å². The van der Waals surface area contributed by atoms with Crippen molar-refractivity contribution in [1.29, 1.82) is 0 Å². The molecule has 0 radical (unpaired) electrons. The predicted octanol–water partition coefficient (Wildman–Crippen LogP) is 4.76. The summed E-state index contributed by atoms with van der Waals surface area (Å²) in [5.74, 6) is -1.16. The number of nitrogens with zero attached hydrogens (tertiary/aromatic N) is 2. The van der Waals surface area contributed by atoms with Gasteiger partial charge in [0.25, 0.3) is 0 Å². The lowest BCUT2D eigenvalue weighted by molar-refractivity contribution is -0.140. The molecule has 0 aliphatic heterocycles. The lowest BCUT2D eigenvalue weighted by Crippen LogP contribution is -2.53. The smallest absolute Gasteiger partial charge is 0.244 e. The molecule has 9 heteroatoms. The van der Waals surface area contributed by atoms with Crippen LogP contribution in [0, 0.1) is 5.82 Å². The number of benzene rings is 2. The van der Waals surface area contributed by atoms with Crippen molar-refractivity contribution in [3.8, 4) is 0 Å². The molecule has 1 atom stereocenters. The zero-order valence-corrected chi connectivity index (χ0v) is 23.9. The van der Waals surface area contributed by atoms with Crippen molar-refractivity contribution in [3.05, 3.63) is 65.5 Å². The Hall–Kier alpha value is -2.94. The zero-order valence-electron chi connectivity index (χ0n) is 23.0. The molecule has 0 saturated heterocycles. The summed E-state index contributed by atoms with van der Waals surface area (Å²) >= 11 is 0. The lowest BCUT2D eigenvalue weighted by atomic mass is 9.87. The predicted molar refractivity (Wildman–Crippen MR) is 149 cm³/mol. The first-order valence-corrected chi connectivity index (χ1v) is 15.1. The minimum atomic E-state index is -3.81. The normalized spacial score (nSPS) is 15.2. The van der Waals surface area contributed by atoms with Crippen LogP contribution in [-0.2, 0) is 31.6 Å². The molecule has 1 N–H and O–H groups in total. The van der Waals surface area contributed by atoms with E-state index in [1.807, 2.05) is 19.1 Å². The van der Waals surface area contributed by atoms with Crippen LogP contribution in [0.1, 0.15) is 70.9 Å². The Morgan fingerprint density at radius 2 is 1.61 bits per heavy atom. The summed E-state index contributed by atoms with van der Waals surface area (Å²) in [5, 5.41) is 3.07. The molecule has 0 heterocycles. The van der Waals surface area contributed by atoms with E-state index in [9.17, 15) is 22.4 Å². The van der Waals surface area contributed by atoms with Crippen LogP contribution in [0.25, 0.3) is 0 Å². The van der Waals surface area contributed by atoms with E-state index in [0.717, 1.165) is 41.8 Å². The van der Waals surface area contributed by atoms with Crippen LogP contribution < -0.4 is 9.62 Å². The molecular formula is C29H40FN3O4S. The number of nitrogens with one attached hydrogen (secondary N) is 1. The Morgan fingerprint density at radius 3 is 2.11 bits per heavy atom. The number of amides is 2. The van der Waals surface area contributed by atoms with Crippen molar-refractivity contribution in [1.82, 2.24) is 10.2 Å². The third kappa shape index (κ3) is 7.79. The summed E-state index contributed by atoms with van der Waals surface area (Å²) in [5.41, 5.74) is 1.94. The molecule has 0 unspecified atom stereocenters. The molecule has 7 nitrogen and oxygen atoms in total. The second kappa shape index (κ2) is 12.3. The molecule has 1 aliphatic rings. The fourth-order valence-corrected chi connectivity index (χ4v) is 5.66. The summed E-state index contributed by atoms with van der Waals surface area (Å²) in [4.78, 5) is 28.5. The Bertz CT molecular complexity index is 1200. The topological polar surface area (TPSA) is 86.8 Å². The lowest BCUT2D eigenvalue weighted by Gasteiger charge is -2.33. The van der Waals surface area contributed by atoms with Crippen LogP contribution >= 0.6 is 0 Å². The third-order valence-corrected chi connectivity index (χ3v) is 8.19. The van der Waals surface area contributed by atoms with E-state index in [1.165, 1.54) is 17.0 Å². The number of hydrogen-bond donors (Lipinski definition) is 1. The van der Waals surface area contributed by atoms with Gasteiger partial charge in [-0.1, -0.05) is 64.8 Å². The molecular weight excluding hydrogens is 505 g/mol. The van der Waals surface area contributed by atoms with Gasteiger partial charge in [-0.25, -0.2) is 12.8 Å². The average Bonchev–Trinajstić information content (AvgIpc) is 3.35. The van der Waals surface area contributed by atoms with Crippen molar-refractivity contribution >= 4 is 27.5 Å². The highest BCUT2D eigenvalue weighted by Gasteiger charge is 2.33. The maximum Gasteiger partial charge on any atom is 0.244 e. The van der Waals surface area contributed by atoms with Crippen LogP contribution in [0.15, 0.2) is 48.5 Å². The van der Waals surface area contributed by atoms with Gasteiger partial charge < -0.3 is 10.2 Å². The maximum atomic E-state index is 13.8. The minimum absolute atomic E-state index is 0.0519. The van der Waals surface area contributed by atoms with E-state index in [-0.39, 0.29) is 23.9 Å². The molecule has 208 valence electrons. The second-order valence-corrected chi connectivity index (χ2v) is 13.0. The van der Waals surface area contributed by atoms with Gasteiger partial charge in [0.2, 0.25) is 21.8 Å². The van der Waals surface area contributed by atoms with Crippen LogP contribution in [0.4, 0.5) is 10.1 Å². The third-order valence-electron chi connectivity index (χ3n) is 7.05. The Labute approximate surface area is 226 Å². The van der Waals surface area contributed by atoms with Gasteiger partial charge in [0, 0.05) is 12.6 Å². The van der Waals surface area contributed by atoms with Crippen molar-refractivity contribution < 1.29 is 22.4 Å². The van der Waals surface area contributed by atoms with Gasteiger partial charge in [-0.15, -0.1) is 0 Å². The summed E-state index contributed by atoms with van der Waals surface area (Å²) < 4.78 is 40.2. The van der Waals surface area contributed by atoms with Crippen molar-refractivity contribution in [2.45, 2.75) is 83.8 Å². The standard InChI is InChI=1S/C29H40FN3O4S/c1-6-26(28(35)31-24-9-7-8-10-24)32(19-21-11-15-23(30)16-12-21)27(34)20-33(38(5,36)37)25-17-13-22(14-18-25)29(2,3)4/h11-18,24,26H,6-10,19-20H2,1-5H3,(H,31,35)/t26-/m1/s1. The fraction of sp³-hybridized carbons (Fsp3) is 0.517. The molecule has 3 rings (SSSR count). The van der Waals surface area contributed by atoms with Crippen LogP contribution in [0.2, 0.25) is 0 Å². The van der Waals surface area contributed by atoms with Gasteiger partial charge in [-0.2, -0.15) is 0 Å². The van der Waals surface area contributed by atoms with E-state index < -0.39 is 34.3 Å². The molecule has 2 amide bonds. The number of rotatable bonds is 10. The summed E-state index contributed by atoms with van der Waals surface area (Å²) in [7, 11) is -3.81. The molecule has 0 aromatic heterocycles. The Morgan fingerprint density at radius 1 is 1.03 bits per heavy atom. The molecule has 2 aromatic rings. The van der Waals surface area contributed by atoms with Gasteiger partial charge in [-0.3, -0.25) is 13.9 Å². The second-order valence-electron chi connectivity index (χ2n) is 11.1. The van der Waals surface area contributed by atoms with E-state index in [1.54, 1.807) is 24.3 Å². The van der Waals surface area contributed by atoms with Gasteiger partial charge in [0.05, 0.1) is 11.9 Å². The molecule has 0 spiro atoms. The summed E-state index contributed by atoms with van der Waals surface area (Å²) in [6, 6.07) is 12.1. The largest absolute Gasteiger partial charge is 0.352 e. The SMILES string of the molecule is CC[C@H](C(=O)NC1CCCC1)N(Cc1ccc(F)cc1)C(=O)CN(c1ccc(C(C)(C)C)cc1)S(C)(=O)=O. The molecule has 0 bridgehead atoms. The highest BCUT2D eigenvalue weighted by Crippen LogP contribution is 2.26. The monoisotopic (exact) mass is 545 g/mol. The van der Waals surface area contributed by atoms with Gasteiger partial charge in [0.15, 0.2) is 0 Å². The minimum Gasteiger partial charge on any atom is -0.352 e. The van der Waals surface area contributed by atoms with Crippen LogP contribution in [0.3, 0.4) is 0 Å². The maximum absolute atomic E-state index is 13.8. The van der Waals surface area contributed by atoms with Crippen LogP contribution in [0.5, 0.6) is 0 Å². The zero-order chi connectivity index (χ0) is 28.1. The Balaban J connectivity index is 1.91. The quantitative estimate of drug-likeness (QED) is 0.467. The van der Waals surface area contributed by atoms with Crippen molar-refractivity contribution in [3.63, 3.8) is 0 Å². The highest BCUT2D eigenvalue weighted by molar-refractivity contribution is 7.92. The van der Waals surface area contributed by atoms with Crippen molar-refractivity contribution in [2.75, 3.05) is 17.1 Å². The van der Waals surface area contributed by atoms with Gasteiger partial charge in [-0.05, 0) is 60.1 Å². The number of carbonyl (C=O) groups is 2. The molecule has 2 aromatic carbocycles. The van der Waals surface area contributed by atoms with Gasteiger partial charge >= 0.3 is 0 Å². The van der Waals surface area contributed by atoms with E-state index in [4.69, 9.17) is 0 Å². The molecule has 38 heavy (non-hydrogen) atoms.